The second kappa shape index (κ2) is 7.44. The monoisotopic (exact) mass is 355 g/mol. The van der Waals surface area contributed by atoms with Crippen LogP contribution in [0.25, 0.3) is 0 Å². The number of hydrogen-bond acceptors (Lipinski definition) is 6. The highest BCUT2D eigenvalue weighted by atomic mass is 35.5. The van der Waals surface area contributed by atoms with E-state index < -0.39 is 19.7 Å². The van der Waals surface area contributed by atoms with Gasteiger partial charge in [0.2, 0.25) is 0 Å². The number of sulfone groups is 2. The molecule has 0 aliphatic heterocycles. The van der Waals surface area contributed by atoms with E-state index in [1.807, 2.05) is 0 Å². The van der Waals surface area contributed by atoms with Crippen LogP contribution in [0.15, 0.2) is 28.0 Å². The molecule has 0 aliphatic carbocycles. The van der Waals surface area contributed by atoms with Crippen molar-refractivity contribution in [2.24, 2.45) is 0 Å². The van der Waals surface area contributed by atoms with E-state index in [9.17, 15) is 16.8 Å². The van der Waals surface area contributed by atoms with Crippen molar-refractivity contribution in [2.75, 3.05) is 43.5 Å². The molecule has 0 spiro atoms. The molecular weight excluding hydrogens is 338 g/mol. The number of benzene rings is 1. The van der Waals surface area contributed by atoms with Crippen molar-refractivity contribution in [3.8, 4) is 0 Å². The van der Waals surface area contributed by atoms with Crippen molar-refractivity contribution in [1.29, 1.82) is 0 Å². The van der Waals surface area contributed by atoms with Gasteiger partial charge >= 0.3 is 0 Å². The summed E-state index contributed by atoms with van der Waals surface area (Å²) >= 11 is 5.46. The average Bonchev–Trinajstić information content (AvgIpc) is 2.36. The van der Waals surface area contributed by atoms with Crippen LogP contribution in [-0.2, 0) is 24.4 Å². The van der Waals surface area contributed by atoms with Crippen LogP contribution in [0.2, 0.25) is 0 Å². The fraction of sp³-hybridized carbons (Fsp3) is 0.500. The Bertz CT molecular complexity index is 686. The van der Waals surface area contributed by atoms with Gasteiger partial charge in [-0.15, -0.1) is 11.6 Å². The van der Waals surface area contributed by atoms with E-state index in [1.54, 1.807) is 0 Å². The van der Waals surface area contributed by atoms with E-state index in [-0.39, 0.29) is 9.79 Å². The lowest BCUT2D eigenvalue weighted by Gasteiger charge is -2.12. The van der Waals surface area contributed by atoms with Gasteiger partial charge in [0, 0.05) is 24.9 Å². The standard InChI is InChI=1S/C12H18ClNO5S2/c1-20(15,16)10-3-4-11(12(9-10)21(2,17)18)14-6-8-19-7-5-13/h3-4,9,14H,5-8H2,1-2H3. The number of anilines is 1. The third-order valence-corrected chi connectivity index (χ3v) is 4.97. The predicted octanol–water partition coefficient (Wildman–Crippen LogP) is 1.16. The topological polar surface area (TPSA) is 89.5 Å². The molecule has 0 atom stereocenters. The predicted molar refractivity (Wildman–Crippen MR) is 82.7 cm³/mol. The molecule has 0 radical (unpaired) electrons. The first-order valence-electron chi connectivity index (χ1n) is 6.08. The average molecular weight is 356 g/mol. The zero-order valence-electron chi connectivity index (χ0n) is 11.8. The van der Waals surface area contributed by atoms with Crippen LogP contribution < -0.4 is 5.32 Å². The van der Waals surface area contributed by atoms with Gasteiger partial charge in [0.15, 0.2) is 19.7 Å². The summed E-state index contributed by atoms with van der Waals surface area (Å²) in [4.78, 5) is -0.0883. The van der Waals surface area contributed by atoms with Gasteiger partial charge in [-0.3, -0.25) is 0 Å². The van der Waals surface area contributed by atoms with E-state index in [2.05, 4.69) is 5.32 Å². The fourth-order valence-corrected chi connectivity index (χ4v) is 3.31. The van der Waals surface area contributed by atoms with Crippen LogP contribution in [0.4, 0.5) is 5.69 Å². The highest BCUT2D eigenvalue weighted by Gasteiger charge is 2.17. The molecule has 0 heterocycles. The second-order valence-electron chi connectivity index (χ2n) is 4.43. The Hall–Kier alpha value is -0.830. The first-order valence-corrected chi connectivity index (χ1v) is 10.4. The number of hydrogen-bond donors (Lipinski definition) is 1. The minimum Gasteiger partial charge on any atom is -0.382 e. The molecule has 120 valence electrons. The Kier molecular flexibility index (Phi) is 6.45. The molecule has 1 rings (SSSR count). The van der Waals surface area contributed by atoms with Gasteiger partial charge < -0.3 is 10.1 Å². The zero-order chi connectivity index (χ0) is 16.1. The minimum absolute atomic E-state index is 0.0353. The fourth-order valence-electron chi connectivity index (χ4n) is 1.60. The maximum atomic E-state index is 11.8. The number of halogens is 1. The van der Waals surface area contributed by atoms with Crippen molar-refractivity contribution in [3.63, 3.8) is 0 Å². The quantitative estimate of drug-likeness (QED) is 0.556. The zero-order valence-corrected chi connectivity index (χ0v) is 14.2. The van der Waals surface area contributed by atoms with Gasteiger partial charge in [-0.25, -0.2) is 16.8 Å². The molecule has 6 nitrogen and oxygen atoms in total. The molecule has 9 heteroatoms. The Morgan fingerprint density at radius 3 is 2.29 bits per heavy atom. The van der Waals surface area contributed by atoms with Crippen LogP contribution in [0.3, 0.4) is 0 Å². The summed E-state index contributed by atoms with van der Waals surface area (Å²) in [5.41, 5.74) is 0.347. The van der Waals surface area contributed by atoms with E-state index in [0.717, 1.165) is 18.6 Å². The number of alkyl halides is 1. The molecule has 1 aromatic carbocycles. The first kappa shape index (κ1) is 18.2. The van der Waals surface area contributed by atoms with Gasteiger partial charge in [-0.05, 0) is 18.2 Å². The highest BCUT2D eigenvalue weighted by Crippen LogP contribution is 2.24. The number of rotatable bonds is 8. The summed E-state index contributed by atoms with van der Waals surface area (Å²) in [5, 5.41) is 2.92. The van der Waals surface area contributed by atoms with Crippen molar-refractivity contribution in [1.82, 2.24) is 0 Å². The van der Waals surface area contributed by atoms with Gasteiger partial charge in [0.05, 0.1) is 28.7 Å². The van der Waals surface area contributed by atoms with Crippen LogP contribution in [0, 0.1) is 0 Å². The number of ether oxygens (including phenoxy) is 1. The molecule has 0 saturated carbocycles. The molecule has 0 saturated heterocycles. The van der Waals surface area contributed by atoms with Crippen molar-refractivity contribution >= 4 is 37.0 Å². The molecule has 1 aromatic rings. The third-order valence-electron chi connectivity index (χ3n) is 2.56. The molecule has 0 amide bonds. The largest absolute Gasteiger partial charge is 0.382 e. The summed E-state index contributed by atoms with van der Waals surface area (Å²) in [7, 11) is -7.02. The van der Waals surface area contributed by atoms with Crippen molar-refractivity contribution in [2.45, 2.75) is 9.79 Å². The molecule has 0 bridgehead atoms. The summed E-state index contributed by atoms with van der Waals surface area (Å²) < 4.78 is 51.8. The summed E-state index contributed by atoms with van der Waals surface area (Å²) in [6.45, 7) is 1.16. The van der Waals surface area contributed by atoms with Crippen molar-refractivity contribution < 1.29 is 21.6 Å². The van der Waals surface area contributed by atoms with Crippen molar-refractivity contribution in [3.05, 3.63) is 18.2 Å². The lowest BCUT2D eigenvalue weighted by molar-refractivity contribution is 0.160. The SMILES string of the molecule is CS(=O)(=O)c1ccc(NCCOCCCl)c(S(C)(=O)=O)c1. The molecule has 0 aliphatic rings. The first-order chi connectivity index (χ1) is 9.66. The van der Waals surface area contributed by atoms with Gasteiger partial charge in [-0.2, -0.15) is 0 Å². The van der Waals surface area contributed by atoms with Crippen LogP contribution >= 0.6 is 11.6 Å². The molecule has 0 fully saturated rings. The second-order valence-corrected chi connectivity index (χ2v) is 8.81. The highest BCUT2D eigenvalue weighted by molar-refractivity contribution is 7.91. The Labute approximate surface area is 130 Å². The molecular formula is C12H18ClNO5S2. The van der Waals surface area contributed by atoms with Crippen LogP contribution in [0.5, 0.6) is 0 Å². The van der Waals surface area contributed by atoms with Crippen LogP contribution in [-0.4, -0.2) is 55.0 Å². The normalized spacial score (nSPS) is 12.3. The maximum absolute atomic E-state index is 11.8. The lowest BCUT2D eigenvalue weighted by atomic mass is 10.3. The third kappa shape index (κ3) is 5.82. The molecule has 0 aromatic heterocycles. The smallest absolute Gasteiger partial charge is 0.177 e. The Morgan fingerprint density at radius 1 is 1.10 bits per heavy atom. The van der Waals surface area contributed by atoms with Gasteiger partial charge in [0.1, 0.15) is 0 Å². The van der Waals surface area contributed by atoms with E-state index in [1.165, 1.54) is 12.1 Å². The van der Waals surface area contributed by atoms with Gasteiger partial charge in [-0.1, -0.05) is 0 Å². The van der Waals surface area contributed by atoms with E-state index >= 15 is 0 Å². The van der Waals surface area contributed by atoms with Crippen LogP contribution in [0.1, 0.15) is 0 Å². The minimum atomic E-state index is -3.55. The van der Waals surface area contributed by atoms with Gasteiger partial charge in [0.25, 0.3) is 0 Å². The molecule has 21 heavy (non-hydrogen) atoms. The Morgan fingerprint density at radius 2 is 1.76 bits per heavy atom. The lowest BCUT2D eigenvalue weighted by Crippen LogP contribution is -2.13. The molecule has 1 N–H and O–H groups in total. The summed E-state index contributed by atoms with van der Waals surface area (Å²) in [6.07, 6.45) is 2.06. The summed E-state index contributed by atoms with van der Waals surface area (Å²) in [5.74, 6) is 0.387. The summed E-state index contributed by atoms with van der Waals surface area (Å²) in [6, 6.07) is 3.97. The van der Waals surface area contributed by atoms with E-state index in [4.69, 9.17) is 16.3 Å². The number of nitrogens with one attached hydrogen (secondary N) is 1. The maximum Gasteiger partial charge on any atom is 0.177 e. The van der Waals surface area contributed by atoms with E-state index in [0.29, 0.717) is 31.3 Å². The molecule has 0 unspecified atom stereocenters. The Balaban J connectivity index is 2.99.